The molecule has 8 nitrogen and oxygen atoms in total. The molecule has 1 aliphatic rings. The summed E-state index contributed by atoms with van der Waals surface area (Å²) in [5.41, 5.74) is 2.90. The average molecular weight is 360 g/mol. The van der Waals surface area contributed by atoms with Crippen molar-refractivity contribution in [3.8, 4) is 0 Å². The van der Waals surface area contributed by atoms with Gasteiger partial charge in [-0.25, -0.2) is 19.6 Å². The summed E-state index contributed by atoms with van der Waals surface area (Å²) < 4.78 is 3.95. The van der Waals surface area contributed by atoms with E-state index >= 15 is 0 Å². The first kappa shape index (κ1) is 15.9. The molecule has 5 rings (SSSR count). The van der Waals surface area contributed by atoms with Crippen LogP contribution in [0.5, 0.6) is 0 Å². The number of rotatable bonds is 3. The lowest BCUT2D eigenvalue weighted by Crippen LogP contribution is -2.28. The van der Waals surface area contributed by atoms with Gasteiger partial charge in [-0.05, 0) is 5.56 Å². The van der Waals surface area contributed by atoms with E-state index in [0.29, 0.717) is 0 Å². The normalized spacial score (nSPS) is 14.3. The molecule has 0 unspecified atom stereocenters. The molecule has 27 heavy (non-hydrogen) atoms. The first-order valence-electron chi connectivity index (χ1n) is 9.12. The maximum Gasteiger partial charge on any atom is 0.227 e. The zero-order valence-corrected chi connectivity index (χ0v) is 15.2. The van der Waals surface area contributed by atoms with E-state index < -0.39 is 0 Å². The fourth-order valence-electron chi connectivity index (χ4n) is 3.46. The number of aryl methyl sites for hydroxylation is 1. The van der Waals surface area contributed by atoms with Crippen molar-refractivity contribution in [3.63, 3.8) is 0 Å². The molecule has 1 aliphatic heterocycles. The number of nitrogens with zero attached hydrogens (tertiary/aromatic N) is 8. The van der Waals surface area contributed by atoms with Crippen LogP contribution in [0, 0.1) is 0 Å². The summed E-state index contributed by atoms with van der Waals surface area (Å²) >= 11 is 0. The van der Waals surface area contributed by atoms with Gasteiger partial charge in [0.25, 0.3) is 0 Å². The molecule has 0 saturated carbocycles. The van der Waals surface area contributed by atoms with Crippen LogP contribution in [0.15, 0.2) is 42.9 Å². The van der Waals surface area contributed by atoms with Gasteiger partial charge in [0, 0.05) is 33.0 Å². The molecule has 4 aromatic rings. The second-order valence-electron chi connectivity index (χ2n) is 6.80. The van der Waals surface area contributed by atoms with Crippen molar-refractivity contribution in [3.05, 3.63) is 60.1 Å². The highest BCUT2D eigenvalue weighted by molar-refractivity contribution is 5.70. The van der Waals surface area contributed by atoms with Gasteiger partial charge in [0.2, 0.25) is 5.95 Å². The third kappa shape index (κ3) is 3.03. The highest BCUT2D eigenvalue weighted by Gasteiger charge is 2.20. The van der Waals surface area contributed by atoms with E-state index in [1.165, 1.54) is 5.56 Å². The lowest BCUT2D eigenvalue weighted by atomic mass is 10.1. The zero-order valence-electron chi connectivity index (χ0n) is 15.2. The summed E-state index contributed by atoms with van der Waals surface area (Å²) in [4.78, 5) is 20.4. The van der Waals surface area contributed by atoms with Gasteiger partial charge in [0.05, 0.1) is 19.1 Å². The third-order valence-electron chi connectivity index (χ3n) is 4.94. The van der Waals surface area contributed by atoms with Gasteiger partial charge < -0.3 is 9.47 Å². The van der Waals surface area contributed by atoms with Crippen LogP contribution in [0.2, 0.25) is 0 Å². The van der Waals surface area contributed by atoms with Gasteiger partial charge in [-0.3, -0.25) is 0 Å². The molecular formula is C19H20N8. The minimum atomic E-state index is 0.719. The van der Waals surface area contributed by atoms with Crippen molar-refractivity contribution in [2.75, 3.05) is 18.0 Å². The number of hydrogen-bond donors (Lipinski definition) is 0. The summed E-state index contributed by atoms with van der Waals surface area (Å²) in [6.07, 6.45) is 5.19. The molecule has 0 saturated heterocycles. The minimum absolute atomic E-state index is 0.719. The summed E-state index contributed by atoms with van der Waals surface area (Å²) in [6, 6.07) is 10.3. The second kappa shape index (κ2) is 6.46. The molecule has 0 N–H and O–H groups in total. The lowest BCUT2D eigenvalue weighted by Gasteiger charge is -2.19. The Morgan fingerprint density at radius 3 is 2.78 bits per heavy atom. The van der Waals surface area contributed by atoms with Crippen LogP contribution in [0.25, 0.3) is 11.2 Å². The van der Waals surface area contributed by atoms with Gasteiger partial charge in [0.15, 0.2) is 11.5 Å². The van der Waals surface area contributed by atoms with Gasteiger partial charge in [0.1, 0.15) is 11.3 Å². The maximum atomic E-state index is 4.76. The van der Waals surface area contributed by atoms with E-state index in [1.807, 2.05) is 40.7 Å². The number of anilines is 1. The predicted molar refractivity (Wildman–Crippen MR) is 101 cm³/mol. The molecule has 0 amide bonds. The van der Waals surface area contributed by atoms with Crippen LogP contribution in [0.3, 0.4) is 0 Å². The Kier molecular flexibility index (Phi) is 3.81. The van der Waals surface area contributed by atoms with Gasteiger partial charge in [-0.2, -0.15) is 10.1 Å². The molecule has 0 atom stereocenters. The van der Waals surface area contributed by atoms with Crippen molar-refractivity contribution in [1.29, 1.82) is 0 Å². The maximum absolute atomic E-state index is 4.76. The highest BCUT2D eigenvalue weighted by Crippen LogP contribution is 2.17. The smallest absolute Gasteiger partial charge is 0.227 e. The first-order valence-corrected chi connectivity index (χ1v) is 9.12. The average Bonchev–Trinajstić information content (AvgIpc) is 3.19. The lowest BCUT2D eigenvalue weighted by molar-refractivity contribution is 0.602. The number of aromatic nitrogens is 7. The third-order valence-corrected chi connectivity index (χ3v) is 4.94. The fourth-order valence-corrected chi connectivity index (χ4v) is 3.46. The molecule has 0 aliphatic carbocycles. The van der Waals surface area contributed by atoms with Crippen LogP contribution in [0.4, 0.5) is 5.95 Å². The molecule has 8 heteroatoms. The van der Waals surface area contributed by atoms with Crippen molar-refractivity contribution < 1.29 is 0 Å². The zero-order chi connectivity index (χ0) is 18.2. The molecule has 1 aromatic carbocycles. The van der Waals surface area contributed by atoms with Gasteiger partial charge in [-0.15, -0.1) is 0 Å². The Morgan fingerprint density at radius 1 is 1.00 bits per heavy atom. The van der Waals surface area contributed by atoms with Crippen molar-refractivity contribution in [2.45, 2.75) is 19.4 Å². The molecule has 136 valence electrons. The van der Waals surface area contributed by atoms with Crippen LogP contribution >= 0.6 is 0 Å². The van der Waals surface area contributed by atoms with E-state index in [1.54, 1.807) is 6.33 Å². The van der Waals surface area contributed by atoms with Gasteiger partial charge in [-0.1, -0.05) is 30.3 Å². The van der Waals surface area contributed by atoms with E-state index in [2.05, 4.69) is 32.0 Å². The Labute approximate surface area is 156 Å². The number of hydrogen-bond acceptors (Lipinski definition) is 6. The number of benzene rings is 1. The van der Waals surface area contributed by atoms with Crippen LogP contribution < -0.4 is 4.90 Å². The molecule has 0 spiro atoms. The van der Waals surface area contributed by atoms with Crippen molar-refractivity contribution in [2.24, 2.45) is 7.05 Å². The van der Waals surface area contributed by atoms with Crippen LogP contribution in [-0.2, 0) is 26.4 Å². The topological polar surface area (TPSA) is 77.5 Å². The minimum Gasteiger partial charge on any atom is -0.338 e. The van der Waals surface area contributed by atoms with Crippen LogP contribution in [0.1, 0.15) is 17.2 Å². The van der Waals surface area contributed by atoms with Crippen LogP contribution in [-0.4, -0.2) is 47.4 Å². The monoisotopic (exact) mass is 360 g/mol. The Hall–Kier alpha value is -3.29. The summed E-state index contributed by atoms with van der Waals surface area (Å²) in [5, 5.41) is 4.71. The largest absolute Gasteiger partial charge is 0.338 e. The molecule has 3 aromatic heterocycles. The molecule has 0 fully saturated rings. The highest BCUT2D eigenvalue weighted by atomic mass is 15.4. The molecule has 0 radical (unpaired) electrons. The summed E-state index contributed by atoms with van der Waals surface area (Å²) in [5.74, 6) is 2.63. The van der Waals surface area contributed by atoms with Gasteiger partial charge >= 0.3 is 0 Å². The fraction of sp³-hybridized carbons (Fsp3) is 0.316. The quantitative estimate of drug-likeness (QED) is 0.552. The summed E-state index contributed by atoms with van der Waals surface area (Å²) in [6.45, 7) is 2.40. The number of imidazole rings is 1. The molecule has 4 heterocycles. The predicted octanol–water partition coefficient (Wildman–Crippen LogP) is 1.61. The van der Waals surface area contributed by atoms with Crippen molar-refractivity contribution in [1.82, 2.24) is 34.3 Å². The van der Waals surface area contributed by atoms with E-state index in [4.69, 9.17) is 10.1 Å². The molecule has 0 bridgehead atoms. The van der Waals surface area contributed by atoms with E-state index in [-0.39, 0.29) is 0 Å². The standard InChI is InChI=1S/C19H20N8/c1-25-13-21-18-15(25)12-20-19(23-18)26-8-7-17-22-16(24-27(17)10-9-26)11-14-5-3-2-4-6-14/h2-6,12-13H,7-11H2,1H3. The Balaban J connectivity index is 1.33. The van der Waals surface area contributed by atoms with E-state index in [0.717, 1.165) is 61.2 Å². The van der Waals surface area contributed by atoms with E-state index in [9.17, 15) is 0 Å². The number of fused-ring (bicyclic) bond motifs is 2. The molecular weight excluding hydrogens is 340 g/mol. The summed E-state index contributed by atoms with van der Waals surface area (Å²) in [7, 11) is 1.95. The SMILES string of the molecule is Cn1cnc2nc(N3CCc4nc(Cc5ccccc5)nn4CC3)ncc21. The van der Waals surface area contributed by atoms with Crippen molar-refractivity contribution >= 4 is 17.1 Å². The Bertz CT molecular complexity index is 1060. The Morgan fingerprint density at radius 2 is 1.89 bits per heavy atom. The first-order chi connectivity index (χ1) is 13.3. The second-order valence-corrected chi connectivity index (χ2v) is 6.80.